The van der Waals surface area contributed by atoms with Crippen LogP contribution in [0.1, 0.15) is 41.5 Å². The predicted molar refractivity (Wildman–Crippen MR) is 64.7 cm³/mol. The molecule has 0 amide bonds. The third-order valence-corrected chi connectivity index (χ3v) is 3.18. The lowest BCUT2D eigenvalue weighted by molar-refractivity contribution is 0.00578. The molecule has 1 rings (SSSR count). The molecule has 3 heteroatoms. The molecule has 0 bridgehead atoms. The Labute approximate surface area is 93.5 Å². The van der Waals surface area contributed by atoms with E-state index >= 15 is 0 Å². The summed E-state index contributed by atoms with van der Waals surface area (Å²) in [4.78, 5) is 0. The summed E-state index contributed by atoms with van der Waals surface area (Å²) in [5, 5.41) is 0. The summed E-state index contributed by atoms with van der Waals surface area (Å²) in [6, 6.07) is 0. The largest absolute Gasteiger partial charge is 0.490 e. The zero-order chi connectivity index (χ0) is 11.7. The number of allylic oxidation sites excluding steroid dienone is 4. The first kappa shape index (κ1) is 12.5. The van der Waals surface area contributed by atoms with Gasteiger partial charge in [-0.1, -0.05) is 18.2 Å². The summed E-state index contributed by atoms with van der Waals surface area (Å²) in [6.45, 7) is 12.3. The summed E-state index contributed by atoms with van der Waals surface area (Å²) in [6.07, 6.45) is 6.03. The SMILES string of the molecule is C/C=C/C=C(\C)B1OC(C)(C)C(C)(C)O1. The highest BCUT2D eigenvalue weighted by atomic mass is 16.7. The number of hydrogen-bond donors (Lipinski definition) is 0. The van der Waals surface area contributed by atoms with Crippen molar-refractivity contribution in [1.29, 1.82) is 0 Å². The molecule has 0 unspecified atom stereocenters. The molecule has 0 atom stereocenters. The van der Waals surface area contributed by atoms with Crippen molar-refractivity contribution in [2.75, 3.05) is 0 Å². The Morgan fingerprint density at radius 3 is 1.93 bits per heavy atom. The average Bonchev–Trinajstić information content (AvgIpc) is 2.32. The van der Waals surface area contributed by atoms with Gasteiger partial charge < -0.3 is 9.31 Å². The minimum absolute atomic E-state index is 0.216. The fourth-order valence-corrected chi connectivity index (χ4v) is 1.36. The highest BCUT2D eigenvalue weighted by Gasteiger charge is 2.51. The van der Waals surface area contributed by atoms with E-state index in [9.17, 15) is 0 Å². The van der Waals surface area contributed by atoms with Crippen LogP contribution in [0.2, 0.25) is 0 Å². The molecule has 1 heterocycles. The zero-order valence-corrected chi connectivity index (χ0v) is 10.6. The fourth-order valence-electron chi connectivity index (χ4n) is 1.36. The maximum absolute atomic E-state index is 5.90. The quantitative estimate of drug-likeness (QED) is 0.512. The summed E-state index contributed by atoms with van der Waals surface area (Å²) in [5.41, 5.74) is 0.609. The van der Waals surface area contributed by atoms with Crippen molar-refractivity contribution in [1.82, 2.24) is 0 Å². The molecule has 0 aromatic carbocycles. The van der Waals surface area contributed by atoms with Crippen LogP contribution < -0.4 is 0 Å². The molecule has 0 radical (unpaired) electrons. The van der Waals surface area contributed by atoms with Crippen molar-refractivity contribution in [2.24, 2.45) is 0 Å². The highest BCUT2D eigenvalue weighted by Crippen LogP contribution is 2.38. The Kier molecular flexibility index (Phi) is 3.46. The van der Waals surface area contributed by atoms with Crippen LogP contribution in [0.15, 0.2) is 23.7 Å². The van der Waals surface area contributed by atoms with E-state index in [1.165, 1.54) is 0 Å². The van der Waals surface area contributed by atoms with E-state index in [0.717, 1.165) is 5.47 Å². The molecular weight excluding hydrogens is 187 g/mol. The Morgan fingerprint density at radius 2 is 1.53 bits per heavy atom. The maximum Gasteiger partial charge on any atom is 0.490 e. The van der Waals surface area contributed by atoms with Crippen LogP contribution in [0.3, 0.4) is 0 Å². The van der Waals surface area contributed by atoms with Gasteiger partial charge in [0.25, 0.3) is 0 Å². The van der Waals surface area contributed by atoms with E-state index in [0.29, 0.717) is 0 Å². The first-order valence-corrected chi connectivity index (χ1v) is 5.45. The second-order valence-corrected chi connectivity index (χ2v) is 5.02. The van der Waals surface area contributed by atoms with Crippen LogP contribution in [0, 0.1) is 0 Å². The smallest absolute Gasteiger partial charge is 0.400 e. The van der Waals surface area contributed by atoms with Gasteiger partial charge in [0.15, 0.2) is 0 Å². The Balaban J connectivity index is 2.79. The van der Waals surface area contributed by atoms with Gasteiger partial charge in [-0.2, -0.15) is 0 Å². The summed E-state index contributed by atoms with van der Waals surface area (Å²) < 4.78 is 11.8. The van der Waals surface area contributed by atoms with Crippen molar-refractivity contribution >= 4 is 7.12 Å². The molecule has 1 aliphatic heterocycles. The molecule has 0 aromatic rings. The van der Waals surface area contributed by atoms with Crippen molar-refractivity contribution < 1.29 is 9.31 Å². The fraction of sp³-hybridized carbons (Fsp3) is 0.667. The lowest BCUT2D eigenvalue weighted by atomic mass is 9.79. The van der Waals surface area contributed by atoms with E-state index in [1.54, 1.807) is 0 Å². The molecule has 0 saturated carbocycles. The van der Waals surface area contributed by atoms with Gasteiger partial charge in [-0.3, -0.25) is 0 Å². The van der Waals surface area contributed by atoms with E-state index in [-0.39, 0.29) is 18.3 Å². The van der Waals surface area contributed by atoms with Gasteiger partial charge >= 0.3 is 7.12 Å². The molecule has 1 fully saturated rings. The van der Waals surface area contributed by atoms with E-state index < -0.39 is 0 Å². The summed E-state index contributed by atoms with van der Waals surface area (Å²) in [5.74, 6) is 0. The van der Waals surface area contributed by atoms with E-state index in [1.807, 2.05) is 32.1 Å². The van der Waals surface area contributed by atoms with Gasteiger partial charge in [-0.15, -0.1) is 0 Å². The van der Waals surface area contributed by atoms with Crippen molar-refractivity contribution in [2.45, 2.75) is 52.7 Å². The van der Waals surface area contributed by atoms with Crippen molar-refractivity contribution in [3.05, 3.63) is 23.7 Å². The molecule has 2 nitrogen and oxygen atoms in total. The molecule has 0 spiro atoms. The zero-order valence-electron chi connectivity index (χ0n) is 10.6. The average molecular weight is 208 g/mol. The van der Waals surface area contributed by atoms with Crippen molar-refractivity contribution in [3.63, 3.8) is 0 Å². The van der Waals surface area contributed by atoms with E-state index in [4.69, 9.17) is 9.31 Å². The lowest BCUT2D eigenvalue weighted by Gasteiger charge is -2.32. The summed E-state index contributed by atoms with van der Waals surface area (Å²) in [7, 11) is -0.216. The van der Waals surface area contributed by atoms with Crippen molar-refractivity contribution in [3.8, 4) is 0 Å². The van der Waals surface area contributed by atoms with E-state index in [2.05, 4.69) is 27.7 Å². The van der Waals surface area contributed by atoms with Crippen LogP contribution in [-0.4, -0.2) is 18.3 Å². The number of hydrogen-bond acceptors (Lipinski definition) is 2. The molecule has 84 valence electrons. The Hall–Kier alpha value is -0.535. The van der Waals surface area contributed by atoms with Crippen LogP contribution in [0.5, 0.6) is 0 Å². The molecule has 0 N–H and O–H groups in total. The molecule has 1 aliphatic rings. The minimum atomic E-state index is -0.247. The van der Waals surface area contributed by atoms with Gasteiger partial charge in [-0.05, 0) is 47.0 Å². The molecule has 0 aliphatic carbocycles. The van der Waals surface area contributed by atoms with Gasteiger partial charge in [0, 0.05) is 0 Å². The molecule has 15 heavy (non-hydrogen) atoms. The second-order valence-electron chi connectivity index (χ2n) is 5.02. The minimum Gasteiger partial charge on any atom is -0.400 e. The van der Waals surface area contributed by atoms with Crippen LogP contribution in [-0.2, 0) is 9.31 Å². The molecule has 0 aromatic heterocycles. The monoisotopic (exact) mass is 208 g/mol. The Morgan fingerprint density at radius 1 is 1.07 bits per heavy atom. The van der Waals surface area contributed by atoms with Crippen LogP contribution in [0.4, 0.5) is 0 Å². The highest BCUT2D eigenvalue weighted by molar-refractivity contribution is 6.54. The third-order valence-electron chi connectivity index (χ3n) is 3.18. The molecular formula is C12H21BO2. The van der Waals surface area contributed by atoms with Gasteiger partial charge in [0.2, 0.25) is 0 Å². The number of rotatable bonds is 2. The second kappa shape index (κ2) is 4.15. The Bertz CT molecular complexity index is 274. The van der Waals surface area contributed by atoms with Crippen LogP contribution in [0.25, 0.3) is 0 Å². The lowest BCUT2D eigenvalue weighted by Crippen LogP contribution is -2.41. The third kappa shape index (κ3) is 2.53. The topological polar surface area (TPSA) is 18.5 Å². The predicted octanol–water partition coefficient (Wildman–Crippen LogP) is 3.14. The van der Waals surface area contributed by atoms with Gasteiger partial charge in [0.1, 0.15) is 0 Å². The van der Waals surface area contributed by atoms with Crippen LogP contribution >= 0.6 is 0 Å². The maximum atomic E-state index is 5.90. The van der Waals surface area contributed by atoms with Gasteiger partial charge in [0.05, 0.1) is 11.2 Å². The normalized spacial score (nSPS) is 25.2. The van der Waals surface area contributed by atoms with Gasteiger partial charge in [-0.25, -0.2) is 0 Å². The first-order valence-electron chi connectivity index (χ1n) is 5.45. The molecule has 1 saturated heterocycles. The standard InChI is InChI=1S/C12H21BO2/c1-7-8-9-10(2)13-14-11(3,4)12(5,6)15-13/h7-9H,1-6H3/b8-7+,10-9+. The summed E-state index contributed by atoms with van der Waals surface area (Å²) >= 11 is 0. The first-order chi connectivity index (χ1) is 6.80.